The van der Waals surface area contributed by atoms with Crippen LogP contribution >= 0.6 is 11.6 Å². The van der Waals surface area contributed by atoms with Crippen LogP contribution in [-0.4, -0.2) is 42.5 Å². The zero-order valence-electron chi connectivity index (χ0n) is 19.9. The first-order chi connectivity index (χ1) is 17.0. The highest BCUT2D eigenvalue weighted by Gasteiger charge is 2.68. The van der Waals surface area contributed by atoms with Crippen LogP contribution in [0.4, 0.5) is 13.6 Å². The third-order valence-electron chi connectivity index (χ3n) is 7.37. The number of nitriles is 1. The number of halogens is 3. The summed E-state index contributed by atoms with van der Waals surface area (Å²) in [5.41, 5.74) is -1.63. The van der Waals surface area contributed by atoms with E-state index in [0.717, 1.165) is 6.42 Å². The Morgan fingerprint density at radius 3 is 2.64 bits per heavy atom. The Kier molecular flexibility index (Phi) is 7.15. The summed E-state index contributed by atoms with van der Waals surface area (Å²) in [5, 5.41) is 17.7. The normalized spacial score (nSPS) is 27.0. The molecule has 3 amide bonds. The van der Waals surface area contributed by atoms with Gasteiger partial charge < -0.3 is 20.7 Å². The van der Waals surface area contributed by atoms with Crippen molar-refractivity contribution >= 4 is 29.5 Å². The lowest BCUT2D eigenvalue weighted by molar-refractivity contribution is -0.128. The predicted octanol–water partition coefficient (Wildman–Crippen LogP) is 3.78. The summed E-state index contributed by atoms with van der Waals surface area (Å²) < 4.78 is 33.6. The third kappa shape index (κ3) is 5.72. The molecule has 3 N–H and O–H groups in total. The molecule has 194 valence electrons. The molecule has 1 aliphatic heterocycles. The van der Waals surface area contributed by atoms with Crippen LogP contribution in [0.5, 0.6) is 0 Å². The smallest absolute Gasteiger partial charge is 0.408 e. The minimum absolute atomic E-state index is 0.0938. The molecule has 8 nitrogen and oxygen atoms in total. The summed E-state index contributed by atoms with van der Waals surface area (Å²) in [6.45, 7) is 1.92. The van der Waals surface area contributed by atoms with E-state index in [2.05, 4.69) is 16.0 Å². The van der Waals surface area contributed by atoms with Crippen molar-refractivity contribution in [3.05, 3.63) is 34.9 Å². The van der Waals surface area contributed by atoms with Crippen LogP contribution in [0.2, 0.25) is 5.02 Å². The van der Waals surface area contributed by atoms with Crippen LogP contribution < -0.4 is 16.0 Å². The van der Waals surface area contributed by atoms with E-state index in [0.29, 0.717) is 36.4 Å². The van der Waals surface area contributed by atoms with Gasteiger partial charge in [0.25, 0.3) is 5.92 Å². The maximum absolute atomic E-state index is 14.0. The first kappa shape index (κ1) is 26.1. The quantitative estimate of drug-likeness (QED) is 0.456. The van der Waals surface area contributed by atoms with Crippen molar-refractivity contribution < 1.29 is 27.9 Å². The molecule has 4 rings (SSSR count). The number of hydrogen-bond acceptors (Lipinski definition) is 5. The van der Waals surface area contributed by atoms with Crippen molar-refractivity contribution in [3.63, 3.8) is 0 Å². The SMILES string of the molecule is CC1(CC(NC(=O)OC2(c3cccc(Cl)c3)CC2)C(=O)N[C@H](C#N)C[C@@H]2CCCNC2=O)CC1(F)F. The van der Waals surface area contributed by atoms with Gasteiger partial charge in [0.05, 0.1) is 6.07 Å². The van der Waals surface area contributed by atoms with E-state index in [4.69, 9.17) is 16.3 Å². The summed E-state index contributed by atoms with van der Waals surface area (Å²) in [6.07, 6.45) is 0.922. The van der Waals surface area contributed by atoms with Crippen LogP contribution in [0, 0.1) is 22.7 Å². The second-order valence-electron chi connectivity index (χ2n) is 10.3. The van der Waals surface area contributed by atoms with Crippen molar-refractivity contribution in [2.24, 2.45) is 11.3 Å². The molecular formula is C25H29ClF2N4O4. The van der Waals surface area contributed by atoms with Gasteiger partial charge in [0.15, 0.2) is 0 Å². The Hall–Kier alpha value is -2.93. The molecule has 1 heterocycles. The van der Waals surface area contributed by atoms with E-state index in [1.54, 1.807) is 24.3 Å². The molecule has 1 aromatic rings. The zero-order valence-corrected chi connectivity index (χ0v) is 20.7. The molecule has 2 aliphatic carbocycles. The van der Waals surface area contributed by atoms with Gasteiger partial charge >= 0.3 is 6.09 Å². The Bertz CT molecular complexity index is 1090. The highest BCUT2D eigenvalue weighted by Crippen LogP contribution is 2.62. The molecule has 2 unspecified atom stereocenters. The van der Waals surface area contributed by atoms with Gasteiger partial charge in [-0.1, -0.05) is 30.7 Å². The average Bonchev–Trinajstić information content (AvgIpc) is 3.69. The van der Waals surface area contributed by atoms with Crippen LogP contribution in [0.1, 0.15) is 57.4 Å². The lowest BCUT2D eigenvalue weighted by Crippen LogP contribution is -2.52. The fourth-order valence-electron chi connectivity index (χ4n) is 4.77. The summed E-state index contributed by atoms with van der Waals surface area (Å²) in [7, 11) is 0. The molecule has 0 bridgehead atoms. The number of alkyl carbamates (subject to hydrolysis) is 1. The van der Waals surface area contributed by atoms with Gasteiger partial charge in [0, 0.05) is 29.3 Å². The van der Waals surface area contributed by atoms with Crippen LogP contribution in [0.15, 0.2) is 24.3 Å². The molecule has 3 aliphatic rings. The second-order valence-corrected chi connectivity index (χ2v) is 10.7. The molecular weight excluding hydrogens is 494 g/mol. The maximum Gasteiger partial charge on any atom is 0.408 e. The number of nitrogens with one attached hydrogen (secondary N) is 3. The van der Waals surface area contributed by atoms with E-state index >= 15 is 0 Å². The van der Waals surface area contributed by atoms with Gasteiger partial charge in [-0.15, -0.1) is 0 Å². The number of amides is 3. The number of carbonyl (C=O) groups excluding carboxylic acids is 3. The summed E-state index contributed by atoms with van der Waals surface area (Å²) in [4.78, 5) is 37.9. The molecule has 0 radical (unpaired) electrons. The van der Waals surface area contributed by atoms with E-state index in [-0.39, 0.29) is 18.7 Å². The molecule has 0 spiro atoms. The standard InChI is InChI=1S/C25H29ClF2N4O4/c1-23(14-25(23,27)28)12-19(21(34)31-18(13-29)10-15-4-3-9-30-20(15)33)32-22(35)36-24(7-8-24)16-5-2-6-17(26)11-16/h2,5-6,11,15,18-19H,3-4,7-10,12,14H2,1H3,(H,30,33)(H,31,34)(H,32,35)/t15-,18-,19?,23?/m0/s1. The number of nitrogens with zero attached hydrogens (tertiary/aromatic N) is 1. The lowest BCUT2D eigenvalue weighted by atomic mass is 9.91. The van der Waals surface area contributed by atoms with Gasteiger partial charge in [-0.05, 0) is 56.2 Å². The highest BCUT2D eigenvalue weighted by atomic mass is 35.5. The Morgan fingerprint density at radius 2 is 2.06 bits per heavy atom. The average molecular weight is 523 g/mol. The topological polar surface area (TPSA) is 120 Å². The van der Waals surface area contributed by atoms with Crippen molar-refractivity contribution in [1.29, 1.82) is 5.26 Å². The summed E-state index contributed by atoms with van der Waals surface area (Å²) in [6, 6.07) is 6.50. The van der Waals surface area contributed by atoms with Gasteiger partial charge in [-0.25, -0.2) is 13.6 Å². The zero-order chi connectivity index (χ0) is 26.1. The highest BCUT2D eigenvalue weighted by molar-refractivity contribution is 6.30. The van der Waals surface area contributed by atoms with Gasteiger partial charge in [-0.3, -0.25) is 9.59 Å². The molecule has 4 atom stereocenters. The largest absolute Gasteiger partial charge is 0.438 e. The number of ether oxygens (including phenoxy) is 1. The molecule has 2 saturated carbocycles. The first-order valence-corrected chi connectivity index (χ1v) is 12.5. The molecule has 36 heavy (non-hydrogen) atoms. The monoisotopic (exact) mass is 522 g/mol. The number of carbonyl (C=O) groups is 3. The first-order valence-electron chi connectivity index (χ1n) is 12.1. The third-order valence-corrected chi connectivity index (χ3v) is 7.60. The fraction of sp³-hybridized carbons (Fsp3) is 0.600. The second kappa shape index (κ2) is 9.85. The maximum atomic E-state index is 14.0. The van der Waals surface area contributed by atoms with Crippen LogP contribution in [-0.2, 0) is 19.9 Å². The Labute approximate surface area is 213 Å². The van der Waals surface area contributed by atoms with Crippen molar-refractivity contribution in [1.82, 2.24) is 16.0 Å². The van der Waals surface area contributed by atoms with E-state index < -0.39 is 53.4 Å². The van der Waals surface area contributed by atoms with Gasteiger partial charge in [-0.2, -0.15) is 5.26 Å². The van der Waals surface area contributed by atoms with E-state index in [9.17, 15) is 28.4 Å². The number of hydrogen-bond donors (Lipinski definition) is 3. The van der Waals surface area contributed by atoms with Crippen molar-refractivity contribution in [2.45, 2.75) is 75.5 Å². The predicted molar refractivity (Wildman–Crippen MR) is 126 cm³/mol. The summed E-state index contributed by atoms with van der Waals surface area (Å²) in [5.74, 6) is -4.34. The minimum Gasteiger partial charge on any atom is -0.438 e. The molecule has 1 aromatic carbocycles. The number of rotatable bonds is 9. The lowest BCUT2D eigenvalue weighted by Gasteiger charge is -2.27. The number of benzene rings is 1. The van der Waals surface area contributed by atoms with Gasteiger partial charge in [0.1, 0.15) is 17.7 Å². The van der Waals surface area contributed by atoms with Crippen molar-refractivity contribution in [2.75, 3.05) is 6.54 Å². The molecule has 1 saturated heterocycles. The fourth-order valence-corrected chi connectivity index (χ4v) is 4.96. The van der Waals surface area contributed by atoms with Crippen molar-refractivity contribution in [3.8, 4) is 6.07 Å². The Balaban J connectivity index is 1.43. The summed E-state index contributed by atoms with van der Waals surface area (Å²) >= 11 is 6.06. The molecule has 3 fully saturated rings. The minimum atomic E-state index is -2.95. The number of alkyl halides is 2. The van der Waals surface area contributed by atoms with E-state index in [1.807, 2.05) is 6.07 Å². The molecule has 11 heteroatoms. The van der Waals surface area contributed by atoms with Crippen LogP contribution in [0.25, 0.3) is 0 Å². The van der Waals surface area contributed by atoms with Crippen LogP contribution in [0.3, 0.4) is 0 Å². The van der Waals surface area contributed by atoms with Gasteiger partial charge in [0.2, 0.25) is 11.8 Å². The molecule has 0 aromatic heterocycles. The Morgan fingerprint density at radius 1 is 1.33 bits per heavy atom. The number of piperidine rings is 1. The van der Waals surface area contributed by atoms with E-state index in [1.165, 1.54) is 6.92 Å².